The van der Waals surface area contributed by atoms with E-state index in [2.05, 4.69) is 328 Å². The van der Waals surface area contributed by atoms with E-state index >= 15 is 0 Å². The lowest BCUT2D eigenvalue weighted by atomic mass is 9.86. The third-order valence-corrected chi connectivity index (χ3v) is 19.5. The molecule has 0 N–H and O–H groups in total. The Hall–Kier alpha value is -10.5. The molecular formula is C84H54S2. The van der Waals surface area contributed by atoms with E-state index in [1.54, 1.807) is 0 Å². The Balaban J connectivity index is 0.894. The number of benzene rings is 14. The highest BCUT2D eigenvalue weighted by Crippen LogP contribution is 2.50. The summed E-state index contributed by atoms with van der Waals surface area (Å²) >= 11 is 3.80. The molecule has 0 saturated heterocycles. The van der Waals surface area contributed by atoms with Gasteiger partial charge in [0.05, 0.1) is 0 Å². The Morgan fingerprint density at radius 2 is 0.372 bits per heavy atom. The number of fused-ring (bicyclic) bond motifs is 6. The van der Waals surface area contributed by atoms with Gasteiger partial charge in [-0.15, -0.1) is 22.7 Å². The van der Waals surface area contributed by atoms with Crippen molar-refractivity contribution < 1.29 is 0 Å². The molecule has 0 saturated carbocycles. The van der Waals surface area contributed by atoms with E-state index in [9.17, 15) is 0 Å². The molecule has 0 fully saturated rings. The molecule has 0 atom stereocenters. The summed E-state index contributed by atoms with van der Waals surface area (Å²) < 4.78 is 5.09. The Morgan fingerprint density at radius 3 is 0.686 bits per heavy atom. The molecule has 14 aromatic carbocycles. The molecule has 16 rings (SSSR count). The summed E-state index contributed by atoms with van der Waals surface area (Å²) in [6.07, 6.45) is 0. The summed E-state index contributed by atoms with van der Waals surface area (Å²) in [6.45, 7) is 0. The average molecular weight is 1130 g/mol. The summed E-state index contributed by atoms with van der Waals surface area (Å²) in [5, 5.41) is 5.05. The van der Waals surface area contributed by atoms with E-state index in [1.807, 2.05) is 22.7 Å². The van der Waals surface area contributed by atoms with Gasteiger partial charge in [0.1, 0.15) is 0 Å². The molecule has 402 valence electrons. The fourth-order valence-corrected chi connectivity index (χ4v) is 15.2. The predicted molar refractivity (Wildman–Crippen MR) is 372 cm³/mol. The molecule has 0 aliphatic heterocycles. The first-order valence-electron chi connectivity index (χ1n) is 29.4. The van der Waals surface area contributed by atoms with Crippen molar-refractivity contribution in [1.29, 1.82) is 0 Å². The zero-order chi connectivity index (χ0) is 56.9. The van der Waals surface area contributed by atoms with Crippen molar-refractivity contribution >= 4 is 63.0 Å². The Kier molecular flexibility index (Phi) is 13.1. The van der Waals surface area contributed by atoms with Crippen LogP contribution in [-0.2, 0) is 0 Å². The molecule has 86 heavy (non-hydrogen) atoms. The summed E-state index contributed by atoms with van der Waals surface area (Å²) in [7, 11) is 0. The Morgan fingerprint density at radius 1 is 0.140 bits per heavy atom. The van der Waals surface area contributed by atoms with Crippen LogP contribution in [0.1, 0.15) is 0 Å². The van der Waals surface area contributed by atoms with Crippen molar-refractivity contribution in [1.82, 2.24) is 0 Å². The predicted octanol–water partition coefficient (Wildman–Crippen LogP) is 24.8. The smallest absolute Gasteiger partial charge is 0.0434 e. The first kappa shape index (κ1) is 51.2. The summed E-state index contributed by atoms with van der Waals surface area (Å²) in [6, 6.07) is 121. The van der Waals surface area contributed by atoms with Gasteiger partial charge < -0.3 is 0 Å². The number of hydrogen-bond acceptors (Lipinski definition) is 2. The van der Waals surface area contributed by atoms with Gasteiger partial charge in [0.15, 0.2) is 0 Å². The van der Waals surface area contributed by atoms with Crippen molar-refractivity contribution in [2.45, 2.75) is 0 Å². The fourth-order valence-electron chi connectivity index (χ4n) is 12.8. The lowest BCUT2D eigenvalue weighted by Gasteiger charge is -2.18. The van der Waals surface area contributed by atoms with Crippen LogP contribution in [0, 0.1) is 0 Å². The second-order valence-electron chi connectivity index (χ2n) is 22.3. The van der Waals surface area contributed by atoms with Gasteiger partial charge in [0.25, 0.3) is 0 Å². The highest BCUT2D eigenvalue weighted by atomic mass is 32.1. The minimum atomic E-state index is 1.19. The quantitative estimate of drug-likeness (QED) is 0.121. The summed E-state index contributed by atoms with van der Waals surface area (Å²) in [5.41, 5.74) is 26.5. The first-order valence-corrected chi connectivity index (χ1v) is 31.1. The van der Waals surface area contributed by atoms with E-state index in [1.165, 1.54) is 163 Å². The maximum Gasteiger partial charge on any atom is 0.0434 e. The molecule has 0 aliphatic carbocycles. The minimum Gasteiger partial charge on any atom is -0.135 e. The van der Waals surface area contributed by atoms with Gasteiger partial charge in [-0.1, -0.05) is 255 Å². The van der Waals surface area contributed by atoms with Crippen molar-refractivity contribution in [3.05, 3.63) is 328 Å². The molecule has 2 aromatic heterocycles. The van der Waals surface area contributed by atoms with Gasteiger partial charge >= 0.3 is 0 Å². The zero-order valence-corrected chi connectivity index (χ0v) is 48.6. The number of rotatable bonds is 11. The lowest BCUT2D eigenvalue weighted by molar-refractivity contribution is 1.58. The third kappa shape index (κ3) is 9.52. The SMILES string of the molecule is c1ccc(-c2cccc(-c3ccc4sc5c(-c6ccccc6-c6ccccc6-c6cc(-c7cccc(-c8ccccc8)c7)cc7c6sc6ccc(-c8cccc(-c9ccccc9)c8)cc67)cc(-c6cccc(-c7ccccc7)c6)cc5c4c3)c2)cc1. The highest BCUT2D eigenvalue weighted by molar-refractivity contribution is 7.26. The van der Waals surface area contributed by atoms with Crippen LogP contribution in [0.15, 0.2) is 328 Å². The third-order valence-electron chi connectivity index (χ3n) is 17.1. The Bertz CT molecular complexity index is 4880. The van der Waals surface area contributed by atoms with Crippen molar-refractivity contribution in [2.24, 2.45) is 0 Å². The van der Waals surface area contributed by atoms with Crippen LogP contribution in [-0.4, -0.2) is 0 Å². The van der Waals surface area contributed by atoms with Crippen LogP contribution in [0.4, 0.5) is 0 Å². The standard InChI is InChI=1S/C84H54S2/c1-5-21-55(22-6-1)59-29-17-33-63(45-59)67-41-43-81-75(49-67)79-53-69(65-35-19-31-61(47-65)57-25-9-3-10-26-57)51-77(83(79)85-81)73-39-15-13-37-71(73)72-38-14-16-40-74(72)78-52-70(66-36-20-32-62(48-66)58-27-11-4-12-28-58)54-80-76-50-68(42-44-82(76)86-84(78)80)64-34-18-30-60(46-64)56-23-7-2-8-24-56/h1-54H. The maximum atomic E-state index is 2.46. The molecule has 0 radical (unpaired) electrons. The largest absolute Gasteiger partial charge is 0.135 e. The lowest BCUT2D eigenvalue weighted by Crippen LogP contribution is -1.91. The van der Waals surface area contributed by atoms with E-state index in [0.29, 0.717) is 0 Å². The molecule has 2 heteroatoms. The van der Waals surface area contributed by atoms with E-state index < -0.39 is 0 Å². The van der Waals surface area contributed by atoms with Crippen molar-refractivity contribution in [3.8, 4) is 122 Å². The number of thiophene rings is 2. The van der Waals surface area contributed by atoms with Crippen LogP contribution in [0.3, 0.4) is 0 Å². The number of hydrogen-bond donors (Lipinski definition) is 0. The minimum absolute atomic E-state index is 1.19. The highest BCUT2D eigenvalue weighted by Gasteiger charge is 2.22. The second kappa shape index (κ2) is 21.9. The molecule has 0 bridgehead atoms. The zero-order valence-electron chi connectivity index (χ0n) is 47.0. The summed E-state index contributed by atoms with van der Waals surface area (Å²) in [4.78, 5) is 0. The molecule has 0 nitrogen and oxygen atoms in total. The van der Waals surface area contributed by atoms with Crippen LogP contribution in [0.25, 0.3) is 163 Å². The van der Waals surface area contributed by atoms with Gasteiger partial charge in [-0.05, 0) is 184 Å². The molecule has 16 aromatic rings. The maximum absolute atomic E-state index is 2.46. The van der Waals surface area contributed by atoms with Crippen LogP contribution < -0.4 is 0 Å². The monoisotopic (exact) mass is 1130 g/mol. The van der Waals surface area contributed by atoms with Crippen LogP contribution >= 0.6 is 22.7 Å². The van der Waals surface area contributed by atoms with Gasteiger partial charge in [-0.2, -0.15) is 0 Å². The first-order chi connectivity index (χ1) is 42.6. The normalized spacial score (nSPS) is 11.5. The molecule has 0 amide bonds. The Labute approximate surface area is 509 Å². The summed E-state index contributed by atoms with van der Waals surface area (Å²) in [5.74, 6) is 0. The molecule has 2 heterocycles. The fraction of sp³-hybridized carbons (Fsp3) is 0. The van der Waals surface area contributed by atoms with Crippen LogP contribution in [0.5, 0.6) is 0 Å². The van der Waals surface area contributed by atoms with Gasteiger partial charge in [0.2, 0.25) is 0 Å². The topological polar surface area (TPSA) is 0 Å². The van der Waals surface area contributed by atoms with Gasteiger partial charge in [-0.3, -0.25) is 0 Å². The van der Waals surface area contributed by atoms with Gasteiger partial charge in [-0.25, -0.2) is 0 Å². The van der Waals surface area contributed by atoms with E-state index in [-0.39, 0.29) is 0 Å². The van der Waals surface area contributed by atoms with Crippen molar-refractivity contribution in [2.75, 3.05) is 0 Å². The molecule has 0 aliphatic rings. The average Bonchev–Trinajstić information content (AvgIpc) is 1.96. The second-order valence-corrected chi connectivity index (χ2v) is 24.4. The molecular weight excluding hydrogens is 1070 g/mol. The van der Waals surface area contributed by atoms with Crippen LogP contribution in [0.2, 0.25) is 0 Å². The van der Waals surface area contributed by atoms with E-state index in [4.69, 9.17) is 0 Å². The molecule has 0 unspecified atom stereocenters. The van der Waals surface area contributed by atoms with Gasteiger partial charge in [0, 0.05) is 51.5 Å². The van der Waals surface area contributed by atoms with E-state index in [0.717, 1.165) is 0 Å². The van der Waals surface area contributed by atoms with Crippen molar-refractivity contribution in [3.63, 3.8) is 0 Å². The molecule has 0 spiro atoms.